The molecular formula is C16H20Br2N2O. The fraction of sp³-hybridized carbons (Fsp3) is 0.438. The van der Waals surface area contributed by atoms with Crippen molar-refractivity contribution in [2.24, 2.45) is 7.05 Å². The molecule has 0 fully saturated rings. The van der Waals surface area contributed by atoms with Gasteiger partial charge in [0.25, 0.3) is 0 Å². The molecule has 0 aliphatic carbocycles. The maximum atomic E-state index is 10.7. The van der Waals surface area contributed by atoms with Crippen LogP contribution in [0, 0.1) is 0 Å². The Hall–Kier alpha value is -0.650. The second-order valence-electron chi connectivity index (χ2n) is 5.66. The Bertz CT molecular complexity index is 618. The van der Waals surface area contributed by atoms with Gasteiger partial charge >= 0.3 is 0 Å². The molecule has 0 aliphatic rings. The van der Waals surface area contributed by atoms with Gasteiger partial charge in [0.15, 0.2) is 0 Å². The van der Waals surface area contributed by atoms with Gasteiger partial charge in [0, 0.05) is 24.4 Å². The summed E-state index contributed by atoms with van der Waals surface area (Å²) < 4.78 is 3.93. The molecule has 2 rings (SSSR count). The van der Waals surface area contributed by atoms with Crippen molar-refractivity contribution in [3.8, 4) is 0 Å². The van der Waals surface area contributed by atoms with Gasteiger partial charge in [0.1, 0.15) is 0 Å². The highest BCUT2D eigenvalue weighted by Crippen LogP contribution is 2.27. The van der Waals surface area contributed by atoms with E-state index in [1.807, 2.05) is 42.9 Å². The number of aryl methyl sites for hydroxylation is 2. The molecule has 0 aliphatic heterocycles. The highest BCUT2D eigenvalue weighted by molar-refractivity contribution is 9.10. The predicted octanol–water partition coefficient (Wildman–Crippen LogP) is 4.04. The van der Waals surface area contributed by atoms with Crippen molar-refractivity contribution < 1.29 is 5.11 Å². The van der Waals surface area contributed by atoms with E-state index in [-0.39, 0.29) is 0 Å². The van der Waals surface area contributed by atoms with Crippen molar-refractivity contribution in [1.29, 1.82) is 0 Å². The van der Waals surface area contributed by atoms with E-state index in [1.165, 1.54) is 0 Å². The van der Waals surface area contributed by atoms with Crippen LogP contribution < -0.4 is 0 Å². The first kappa shape index (κ1) is 16.7. The van der Waals surface area contributed by atoms with Gasteiger partial charge < -0.3 is 5.11 Å². The summed E-state index contributed by atoms with van der Waals surface area (Å²) in [5, 5.41) is 15.2. The zero-order valence-corrected chi connectivity index (χ0v) is 15.7. The zero-order chi connectivity index (χ0) is 15.6. The third-order valence-electron chi connectivity index (χ3n) is 3.55. The Kier molecular flexibility index (Phi) is 5.28. The quantitative estimate of drug-likeness (QED) is 0.799. The monoisotopic (exact) mass is 414 g/mol. The number of benzene rings is 1. The average molecular weight is 416 g/mol. The van der Waals surface area contributed by atoms with Crippen LogP contribution in [0.5, 0.6) is 0 Å². The molecule has 1 aromatic carbocycles. The topological polar surface area (TPSA) is 38.0 Å². The standard InChI is InChI=1S/C16H20Br2N2O/c1-4-13-15(18)14(20(3)19-13)10-16(2,21)9-11-5-7-12(17)8-6-11/h5-8,21H,4,9-10H2,1-3H3. The van der Waals surface area contributed by atoms with Gasteiger partial charge in [-0.05, 0) is 47.0 Å². The smallest absolute Gasteiger partial charge is 0.0766 e. The van der Waals surface area contributed by atoms with E-state index in [0.717, 1.165) is 32.3 Å². The van der Waals surface area contributed by atoms with Gasteiger partial charge in [-0.2, -0.15) is 5.10 Å². The minimum absolute atomic E-state index is 0.563. The lowest BCUT2D eigenvalue weighted by atomic mass is 9.91. The molecule has 0 bridgehead atoms. The van der Waals surface area contributed by atoms with E-state index in [1.54, 1.807) is 0 Å². The molecule has 1 aromatic heterocycles. The van der Waals surface area contributed by atoms with E-state index in [4.69, 9.17) is 0 Å². The molecule has 1 unspecified atom stereocenters. The summed E-state index contributed by atoms with van der Waals surface area (Å²) >= 11 is 7.04. The first-order chi connectivity index (χ1) is 9.82. The van der Waals surface area contributed by atoms with Crippen LogP contribution in [0.25, 0.3) is 0 Å². The molecule has 0 spiro atoms. The van der Waals surface area contributed by atoms with Crippen molar-refractivity contribution in [1.82, 2.24) is 9.78 Å². The molecule has 5 heteroatoms. The SMILES string of the molecule is CCc1nn(C)c(CC(C)(O)Cc2ccc(Br)cc2)c1Br. The molecule has 0 saturated carbocycles. The summed E-state index contributed by atoms with van der Waals surface area (Å²) in [5.41, 5.74) is 2.38. The van der Waals surface area contributed by atoms with E-state index in [0.29, 0.717) is 12.8 Å². The molecule has 0 saturated heterocycles. The van der Waals surface area contributed by atoms with Gasteiger partial charge in [-0.15, -0.1) is 0 Å². The highest BCUT2D eigenvalue weighted by atomic mass is 79.9. The Labute approximate surface area is 142 Å². The first-order valence-corrected chi connectivity index (χ1v) is 8.58. The minimum Gasteiger partial charge on any atom is -0.389 e. The van der Waals surface area contributed by atoms with E-state index >= 15 is 0 Å². The number of nitrogens with zero attached hydrogens (tertiary/aromatic N) is 2. The number of hydrogen-bond donors (Lipinski definition) is 1. The fourth-order valence-corrected chi connectivity index (χ4v) is 3.50. The Balaban J connectivity index is 2.17. The number of hydrogen-bond acceptors (Lipinski definition) is 2. The first-order valence-electron chi connectivity index (χ1n) is 6.99. The fourth-order valence-electron chi connectivity index (χ4n) is 2.48. The zero-order valence-electron chi connectivity index (χ0n) is 12.5. The third kappa shape index (κ3) is 4.18. The lowest BCUT2D eigenvalue weighted by Gasteiger charge is -2.23. The summed E-state index contributed by atoms with van der Waals surface area (Å²) in [6.45, 7) is 3.96. The van der Waals surface area contributed by atoms with Crippen molar-refractivity contribution in [2.45, 2.75) is 38.7 Å². The van der Waals surface area contributed by atoms with Crippen LogP contribution in [0.1, 0.15) is 30.8 Å². The third-order valence-corrected chi connectivity index (χ3v) is 4.99. The molecule has 2 aromatic rings. The van der Waals surface area contributed by atoms with Crippen molar-refractivity contribution in [2.75, 3.05) is 0 Å². The molecular weight excluding hydrogens is 396 g/mol. The molecule has 114 valence electrons. The van der Waals surface area contributed by atoms with Crippen LogP contribution in [0.4, 0.5) is 0 Å². The lowest BCUT2D eigenvalue weighted by Crippen LogP contribution is -2.31. The van der Waals surface area contributed by atoms with E-state index < -0.39 is 5.60 Å². The Morgan fingerprint density at radius 1 is 1.19 bits per heavy atom. The highest BCUT2D eigenvalue weighted by Gasteiger charge is 2.26. The maximum Gasteiger partial charge on any atom is 0.0766 e. The molecule has 0 amide bonds. The van der Waals surface area contributed by atoms with Gasteiger partial charge in [-0.1, -0.05) is 35.0 Å². The number of halogens is 2. The van der Waals surface area contributed by atoms with Crippen LogP contribution >= 0.6 is 31.9 Å². The number of aliphatic hydroxyl groups is 1. The Morgan fingerprint density at radius 2 is 1.81 bits per heavy atom. The van der Waals surface area contributed by atoms with Gasteiger partial charge in [-0.25, -0.2) is 0 Å². The number of rotatable bonds is 5. The van der Waals surface area contributed by atoms with Crippen molar-refractivity contribution in [3.05, 3.63) is 50.2 Å². The summed E-state index contributed by atoms with van der Waals surface area (Å²) in [6, 6.07) is 8.07. The van der Waals surface area contributed by atoms with Gasteiger partial charge in [-0.3, -0.25) is 4.68 Å². The van der Waals surface area contributed by atoms with E-state index in [2.05, 4.69) is 43.9 Å². The summed E-state index contributed by atoms with van der Waals surface area (Å²) in [7, 11) is 1.93. The second kappa shape index (κ2) is 6.63. The normalized spacial score (nSPS) is 14.2. The van der Waals surface area contributed by atoms with Crippen LogP contribution in [0.15, 0.2) is 33.2 Å². The lowest BCUT2D eigenvalue weighted by molar-refractivity contribution is 0.0587. The summed E-state index contributed by atoms with van der Waals surface area (Å²) in [6.07, 6.45) is 2.05. The van der Waals surface area contributed by atoms with Gasteiger partial charge in [0.05, 0.1) is 21.5 Å². The van der Waals surface area contributed by atoms with Crippen LogP contribution in [-0.4, -0.2) is 20.5 Å². The Morgan fingerprint density at radius 3 is 2.33 bits per heavy atom. The molecule has 21 heavy (non-hydrogen) atoms. The maximum absolute atomic E-state index is 10.7. The van der Waals surface area contributed by atoms with Crippen LogP contribution in [-0.2, 0) is 26.3 Å². The molecule has 3 nitrogen and oxygen atoms in total. The summed E-state index contributed by atoms with van der Waals surface area (Å²) in [4.78, 5) is 0. The molecule has 0 radical (unpaired) electrons. The van der Waals surface area contributed by atoms with Crippen molar-refractivity contribution in [3.63, 3.8) is 0 Å². The second-order valence-corrected chi connectivity index (χ2v) is 7.37. The van der Waals surface area contributed by atoms with Gasteiger partial charge in [0.2, 0.25) is 0 Å². The van der Waals surface area contributed by atoms with Crippen LogP contribution in [0.3, 0.4) is 0 Å². The number of aromatic nitrogens is 2. The largest absolute Gasteiger partial charge is 0.389 e. The minimum atomic E-state index is -0.810. The molecule has 1 atom stereocenters. The predicted molar refractivity (Wildman–Crippen MR) is 92.5 cm³/mol. The molecule has 1 N–H and O–H groups in total. The van der Waals surface area contributed by atoms with Crippen LogP contribution in [0.2, 0.25) is 0 Å². The summed E-state index contributed by atoms with van der Waals surface area (Å²) in [5.74, 6) is 0. The van der Waals surface area contributed by atoms with E-state index in [9.17, 15) is 5.11 Å². The molecule has 1 heterocycles. The van der Waals surface area contributed by atoms with Crippen molar-refractivity contribution >= 4 is 31.9 Å². The average Bonchev–Trinajstić information content (AvgIpc) is 2.68.